The Hall–Kier alpha value is -0.810. The van der Waals surface area contributed by atoms with Crippen LogP contribution in [0, 0.1) is 0 Å². The molecule has 0 bridgehead atoms. The van der Waals surface area contributed by atoms with Gasteiger partial charge in [-0.3, -0.25) is 4.79 Å². The van der Waals surface area contributed by atoms with Crippen LogP contribution in [0.5, 0.6) is 0 Å². The smallest absolute Gasteiger partial charge is 0.254 e. The Balaban J connectivity index is 1.75. The molecule has 6 heteroatoms. The van der Waals surface area contributed by atoms with Crippen molar-refractivity contribution in [2.45, 2.75) is 43.9 Å². The third kappa shape index (κ3) is 2.62. The minimum absolute atomic E-state index is 0.0482. The Morgan fingerprint density at radius 1 is 1.45 bits per heavy atom. The fourth-order valence-electron chi connectivity index (χ4n) is 3.43. The van der Waals surface area contributed by atoms with Gasteiger partial charge in [0.1, 0.15) is 5.60 Å². The first-order valence-electron chi connectivity index (χ1n) is 7.59. The van der Waals surface area contributed by atoms with Gasteiger partial charge in [0, 0.05) is 13.2 Å². The van der Waals surface area contributed by atoms with E-state index >= 15 is 0 Å². The van der Waals surface area contributed by atoms with Gasteiger partial charge >= 0.3 is 0 Å². The molecule has 1 saturated heterocycles. The summed E-state index contributed by atoms with van der Waals surface area (Å²) in [6, 6.07) is 4.98. The number of benzene rings is 1. The van der Waals surface area contributed by atoms with Crippen molar-refractivity contribution >= 4 is 29.1 Å². The van der Waals surface area contributed by atoms with E-state index in [1.165, 1.54) is 0 Å². The van der Waals surface area contributed by atoms with E-state index in [1.807, 2.05) is 6.92 Å². The number of nitrogens with one attached hydrogen (secondary N) is 1. The topological polar surface area (TPSA) is 47.6 Å². The molecule has 1 N–H and O–H groups in total. The lowest BCUT2D eigenvalue weighted by molar-refractivity contribution is -0.194. The first-order valence-corrected chi connectivity index (χ1v) is 8.34. The zero-order chi connectivity index (χ0) is 15.7. The number of hydrogen-bond acceptors (Lipinski definition) is 3. The van der Waals surface area contributed by atoms with Gasteiger partial charge in [0.15, 0.2) is 0 Å². The van der Waals surface area contributed by atoms with Crippen molar-refractivity contribution in [3.63, 3.8) is 0 Å². The molecule has 1 amide bonds. The number of carbonyl (C=O) groups is 1. The molecular weight excluding hydrogens is 325 g/mol. The van der Waals surface area contributed by atoms with E-state index in [0.29, 0.717) is 28.8 Å². The number of halogens is 2. The second kappa shape index (κ2) is 6.36. The Bertz CT molecular complexity index is 552. The Labute approximate surface area is 140 Å². The van der Waals surface area contributed by atoms with Crippen LogP contribution >= 0.6 is 23.2 Å². The summed E-state index contributed by atoms with van der Waals surface area (Å²) in [7, 11) is 0. The van der Waals surface area contributed by atoms with Gasteiger partial charge in [0.25, 0.3) is 5.91 Å². The molecule has 2 fully saturated rings. The van der Waals surface area contributed by atoms with Gasteiger partial charge in [-0.1, -0.05) is 29.3 Å². The van der Waals surface area contributed by atoms with Crippen LogP contribution in [0.25, 0.3) is 0 Å². The molecule has 4 nitrogen and oxygen atoms in total. The van der Waals surface area contributed by atoms with Crippen LogP contribution < -0.4 is 5.32 Å². The van der Waals surface area contributed by atoms with Gasteiger partial charge in [0.2, 0.25) is 0 Å². The maximum Gasteiger partial charge on any atom is 0.254 e. The summed E-state index contributed by atoms with van der Waals surface area (Å²) in [5.74, 6) is -0.259. The normalized spacial score (nSPS) is 30.3. The molecule has 1 aromatic rings. The van der Waals surface area contributed by atoms with Gasteiger partial charge in [-0.15, -0.1) is 0 Å². The number of ether oxygens (including phenoxy) is 2. The Morgan fingerprint density at radius 2 is 2.18 bits per heavy atom. The monoisotopic (exact) mass is 343 g/mol. The van der Waals surface area contributed by atoms with Crippen LogP contribution in [0.1, 0.15) is 36.5 Å². The summed E-state index contributed by atoms with van der Waals surface area (Å²) in [4.78, 5) is 12.5. The molecule has 22 heavy (non-hydrogen) atoms. The highest BCUT2D eigenvalue weighted by molar-refractivity contribution is 6.39. The first kappa shape index (κ1) is 16.1. The van der Waals surface area contributed by atoms with Crippen molar-refractivity contribution in [2.24, 2.45) is 0 Å². The Morgan fingerprint density at radius 3 is 2.77 bits per heavy atom. The van der Waals surface area contributed by atoms with Crippen LogP contribution in [0.2, 0.25) is 10.0 Å². The largest absolute Gasteiger partial charge is 0.375 e. The Kier molecular flexibility index (Phi) is 4.64. The lowest BCUT2D eigenvalue weighted by Crippen LogP contribution is -2.69. The van der Waals surface area contributed by atoms with Gasteiger partial charge in [-0.25, -0.2) is 0 Å². The van der Waals surface area contributed by atoms with Crippen LogP contribution in [-0.2, 0) is 9.47 Å². The van der Waals surface area contributed by atoms with Crippen LogP contribution in [0.3, 0.4) is 0 Å². The predicted octanol–water partition coefficient (Wildman–Crippen LogP) is 3.45. The summed E-state index contributed by atoms with van der Waals surface area (Å²) in [5.41, 5.74) is -0.0711. The highest BCUT2D eigenvalue weighted by atomic mass is 35.5. The molecule has 120 valence electrons. The summed E-state index contributed by atoms with van der Waals surface area (Å²) in [6.07, 6.45) is 2.69. The maximum atomic E-state index is 12.5. The maximum absolute atomic E-state index is 12.5. The molecule has 2 aliphatic rings. The minimum atomic E-state index is -0.389. The summed E-state index contributed by atoms with van der Waals surface area (Å²) >= 11 is 12.2. The number of rotatable bonds is 4. The molecule has 1 saturated carbocycles. The molecule has 1 aromatic carbocycles. The van der Waals surface area contributed by atoms with E-state index in [2.05, 4.69) is 5.32 Å². The second-order valence-corrected chi connectivity index (χ2v) is 6.52. The van der Waals surface area contributed by atoms with Crippen LogP contribution in [0.15, 0.2) is 18.2 Å². The molecule has 1 aliphatic carbocycles. The van der Waals surface area contributed by atoms with E-state index in [4.69, 9.17) is 32.7 Å². The summed E-state index contributed by atoms with van der Waals surface area (Å²) < 4.78 is 11.7. The van der Waals surface area contributed by atoms with Crippen molar-refractivity contribution in [1.82, 2.24) is 5.32 Å². The molecule has 0 radical (unpaired) electrons. The number of hydrogen-bond donors (Lipinski definition) is 1. The number of carbonyl (C=O) groups excluding carboxylic acids is 1. The fourth-order valence-corrected chi connectivity index (χ4v) is 3.99. The summed E-state index contributed by atoms with van der Waals surface area (Å²) in [5, 5.41) is 3.73. The highest BCUT2D eigenvalue weighted by Crippen LogP contribution is 2.45. The number of amides is 1. The van der Waals surface area contributed by atoms with Gasteiger partial charge in [-0.2, -0.15) is 0 Å². The fraction of sp³-hybridized carbons (Fsp3) is 0.562. The third-order valence-electron chi connectivity index (χ3n) is 4.53. The van der Waals surface area contributed by atoms with Crippen molar-refractivity contribution in [1.29, 1.82) is 0 Å². The van der Waals surface area contributed by atoms with E-state index in [0.717, 1.165) is 19.3 Å². The molecule has 1 heterocycles. The van der Waals surface area contributed by atoms with Crippen LogP contribution in [0.4, 0.5) is 0 Å². The molecule has 0 unspecified atom stereocenters. The predicted molar refractivity (Wildman–Crippen MR) is 85.7 cm³/mol. The van der Waals surface area contributed by atoms with Crippen molar-refractivity contribution in [3.8, 4) is 0 Å². The average Bonchev–Trinajstić information content (AvgIpc) is 2.98. The van der Waals surface area contributed by atoms with E-state index in [9.17, 15) is 4.79 Å². The van der Waals surface area contributed by atoms with E-state index in [-0.39, 0.29) is 23.7 Å². The minimum Gasteiger partial charge on any atom is -0.375 e. The van der Waals surface area contributed by atoms with Gasteiger partial charge < -0.3 is 14.8 Å². The van der Waals surface area contributed by atoms with Gasteiger partial charge in [0.05, 0.1) is 27.8 Å². The van der Waals surface area contributed by atoms with Crippen molar-refractivity contribution in [2.75, 3.05) is 13.2 Å². The van der Waals surface area contributed by atoms with Crippen molar-refractivity contribution < 1.29 is 14.3 Å². The first-order chi connectivity index (χ1) is 10.6. The molecule has 1 aliphatic heterocycles. The SMILES string of the molecule is CCO[C@@H]1C[C@H](NC(=O)c2c(Cl)cccc2Cl)[C@@]12CCCO2. The molecule has 3 atom stereocenters. The lowest BCUT2D eigenvalue weighted by atomic mass is 9.70. The third-order valence-corrected chi connectivity index (χ3v) is 5.16. The van der Waals surface area contributed by atoms with E-state index < -0.39 is 0 Å². The average molecular weight is 344 g/mol. The molecule has 1 spiro atoms. The molecular formula is C16H19Cl2NO3. The van der Waals surface area contributed by atoms with Gasteiger partial charge in [-0.05, 0) is 38.3 Å². The zero-order valence-corrected chi connectivity index (χ0v) is 13.9. The van der Waals surface area contributed by atoms with Crippen molar-refractivity contribution in [3.05, 3.63) is 33.8 Å². The second-order valence-electron chi connectivity index (χ2n) is 5.71. The highest BCUT2D eigenvalue weighted by Gasteiger charge is 2.59. The standard InChI is InChI=1S/C16H19Cl2NO3/c1-2-21-13-9-12(16(13)7-4-8-22-16)19-15(20)14-10(17)5-3-6-11(14)18/h3,5-6,12-13H,2,4,7-9H2,1H3,(H,19,20)/t12-,13+,16-/m0/s1. The van der Waals surface area contributed by atoms with Crippen LogP contribution in [-0.4, -0.2) is 36.9 Å². The lowest BCUT2D eigenvalue weighted by Gasteiger charge is -2.52. The summed E-state index contributed by atoms with van der Waals surface area (Å²) in [6.45, 7) is 3.33. The zero-order valence-electron chi connectivity index (χ0n) is 12.4. The molecule has 0 aromatic heterocycles. The van der Waals surface area contributed by atoms with E-state index in [1.54, 1.807) is 18.2 Å². The molecule has 3 rings (SSSR count). The quantitative estimate of drug-likeness (QED) is 0.910.